The number of carbonyl (C=O) groups excluding carboxylic acids is 5. The minimum atomic E-state index is -1.24. The van der Waals surface area contributed by atoms with Crippen LogP contribution in [0, 0.1) is 0 Å². The van der Waals surface area contributed by atoms with Crippen molar-refractivity contribution in [1.29, 1.82) is 0 Å². The summed E-state index contributed by atoms with van der Waals surface area (Å²) < 4.78 is 31.2. The van der Waals surface area contributed by atoms with Gasteiger partial charge in [0.1, 0.15) is 12.7 Å². The van der Waals surface area contributed by atoms with Gasteiger partial charge in [-0.05, 0) is 6.42 Å². The first-order chi connectivity index (χ1) is 13.5. The fraction of sp³-hybridized carbons (Fsp3) is 0.722. The Balaban J connectivity index is 3.26. The van der Waals surface area contributed by atoms with Gasteiger partial charge in [-0.2, -0.15) is 0 Å². The molecule has 0 aromatic carbocycles. The summed E-state index contributed by atoms with van der Waals surface area (Å²) in [7, 11) is 1.22. The molecule has 1 saturated heterocycles. The first kappa shape index (κ1) is 24.3. The topological polar surface area (TPSA) is 141 Å². The van der Waals surface area contributed by atoms with Crippen molar-refractivity contribution in [1.82, 2.24) is 0 Å². The van der Waals surface area contributed by atoms with Crippen LogP contribution < -0.4 is 0 Å². The van der Waals surface area contributed by atoms with Gasteiger partial charge in [0, 0.05) is 34.1 Å². The Morgan fingerprint density at radius 1 is 0.724 bits per heavy atom. The second kappa shape index (κ2) is 11.3. The molecule has 0 bridgehead atoms. The number of hydrogen-bond acceptors (Lipinski definition) is 11. The van der Waals surface area contributed by atoms with Crippen molar-refractivity contribution in [3.8, 4) is 0 Å². The average molecular weight is 418 g/mol. The normalized spacial score (nSPS) is 26.0. The Bertz CT molecular complexity index is 629. The Morgan fingerprint density at radius 3 is 1.66 bits per heavy atom. The third-order valence-corrected chi connectivity index (χ3v) is 3.95. The molecule has 1 aliphatic heterocycles. The smallest absolute Gasteiger partial charge is 0.305 e. The average Bonchev–Trinajstić information content (AvgIpc) is 2.60. The van der Waals surface area contributed by atoms with E-state index in [0.717, 1.165) is 20.8 Å². The highest BCUT2D eigenvalue weighted by atomic mass is 16.7. The van der Waals surface area contributed by atoms with Crippen LogP contribution in [0.15, 0.2) is 0 Å². The fourth-order valence-electron chi connectivity index (χ4n) is 2.91. The van der Waals surface area contributed by atoms with Crippen LogP contribution in [-0.2, 0) is 52.4 Å². The molecule has 5 atom stereocenters. The maximum absolute atomic E-state index is 11.7. The number of esters is 5. The van der Waals surface area contributed by atoms with Crippen molar-refractivity contribution < 1.29 is 52.4 Å². The first-order valence-electron chi connectivity index (χ1n) is 8.92. The van der Waals surface area contributed by atoms with Crippen LogP contribution >= 0.6 is 0 Å². The molecule has 0 N–H and O–H groups in total. The van der Waals surface area contributed by atoms with E-state index in [1.807, 2.05) is 0 Å². The van der Waals surface area contributed by atoms with E-state index in [4.69, 9.17) is 23.7 Å². The summed E-state index contributed by atoms with van der Waals surface area (Å²) in [6.07, 6.45) is -5.60. The Labute approximate surface area is 167 Å². The molecule has 1 aliphatic rings. The molecule has 1 fully saturated rings. The number of ether oxygens (including phenoxy) is 6. The number of hydrogen-bond donors (Lipinski definition) is 0. The van der Waals surface area contributed by atoms with Gasteiger partial charge in [-0.1, -0.05) is 0 Å². The van der Waals surface area contributed by atoms with E-state index in [1.165, 1.54) is 14.0 Å². The molecule has 11 nitrogen and oxygen atoms in total. The highest BCUT2D eigenvalue weighted by Crippen LogP contribution is 2.31. The molecule has 11 heteroatoms. The third kappa shape index (κ3) is 8.06. The summed E-state index contributed by atoms with van der Waals surface area (Å²) in [4.78, 5) is 57.6. The third-order valence-electron chi connectivity index (χ3n) is 3.95. The minimum absolute atomic E-state index is 0.0474. The van der Waals surface area contributed by atoms with Crippen LogP contribution in [0.5, 0.6) is 0 Å². The van der Waals surface area contributed by atoms with Gasteiger partial charge < -0.3 is 28.4 Å². The van der Waals surface area contributed by atoms with Gasteiger partial charge >= 0.3 is 29.8 Å². The van der Waals surface area contributed by atoms with Crippen LogP contribution in [0.2, 0.25) is 0 Å². The van der Waals surface area contributed by atoms with Crippen molar-refractivity contribution in [3.63, 3.8) is 0 Å². The monoisotopic (exact) mass is 418 g/mol. The van der Waals surface area contributed by atoms with Crippen LogP contribution in [-0.4, -0.2) is 74.1 Å². The molecule has 0 radical (unpaired) electrons. The molecular weight excluding hydrogens is 392 g/mol. The van der Waals surface area contributed by atoms with E-state index in [-0.39, 0.29) is 19.4 Å². The van der Waals surface area contributed by atoms with Crippen molar-refractivity contribution in [3.05, 3.63) is 0 Å². The number of carbonyl (C=O) groups is 5. The summed E-state index contributed by atoms with van der Waals surface area (Å²) in [5.41, 5.74) is 0. The Morgan fingerprint density at radius 2 is 1.21 bits per heavy atom. The zero-order valence-electron chi connectivity index (χ0n) is 17.0. The molecule has 0 aromatic heterocycles. The van der Waals surface area contributed by atoms with Crippen molar-refractivity contribution in [2.75, 3.05) is 13.7 Å². The molecule has 0 spiro atoms. The minimum Gasteiger partial charge on any atom is -0.469 e. The highest BCUT2D eigenvalue weighted by Gasteiger charge is 2.51. The molecule has 164 valence electrons. The van der Waals surface area contributed by atoms with E-state index >= 15 is 0 Å². The van der Waals surface area contributed by atoms with E-state index in [0.29, 0.717) is 0 Å². The van der Waals surface area contributed by atoms with Crippen molar-refractivity contribution >= 4 is 29.8 Å². The lowest BCUT2D eigenvalue weighted by molar-refractivity contribution is -0.253. The van der Waals surface area contributed by atoms with Gasteiger partial charge in [0.15, 0.2) is 18.3 Å². The quantitative estimate of drug-likeness (QED) is 0.390. The molecule has 0 aliphatic carbocycles. The van der Waals surface area contributed by atoms with Gasteiger partial charge in [-0.3, -0.25) is 24.0 Å². The van der Waals surface area contributed by atoms with Gasteiger partial charge in [-0.15, -0.1) is 0 Å². The standard InChI is InChI=1S/C18H26O11/c1-9(19)25-8-14-17(27-11(3)21)18(28-12(4)22)16(26-10(2)20)13(29-14)6-7-15(23)24-5/h13-14,16-18H,6-8H2,1-5H3/t13-,14+,16-,17-,18+/m0/s1. The van der Waals surface area contributed by atoms with E-state index in [1.54, 1.807) is 0 Å². The van der Waals surface area contributed by atoms with E-state index < -0.39 is 60.4 Å². The van der Waals surface area contributed by atoms with Crippen LogP contribution in [0.4, 0.5) is 0 Å². The van der Waals surface area contributed by atoms with Crippen LogP contribution in [0.3, 0.4) is 0 Å². The lowest BCUT2D eigenvalue weighted by atomic mass is 9.92. The molecular formula is C18H26O11. The molecule has 29 heavy (non-hydrogen) atoms. The molecule has 1 rings (SSSR count). The van der Waals surface area contributed by atoms with Gasteiger partial charge in [-0.25, -0.2) is 0 Å². The lowest BCUT2D eigenvalue weighted by Crippen LogP contribution is -2.62. The zero-order valence-corrected chi connectivity index (χ0v) is 17.0. The molecule has 0 amide bonds. The predicted octanol–water partition coefficient (Wildman–Crippen LogP) is 0.0652. The summed E-state index contributed by atoms with van der Waals surface area (Å²) in [6, 6.07) is 0. The van der Waals surface area contributed by atoms with E-state index in [2.05, 4.69) is 4.74 Å². The predicted molar refractivity (Wildman–Crippen MR) is 93.2 cm³/mol. The molecule has 0 unspecified atom stereocenters. The van der Waals surface area contributed by atoms with Crippen molar-refractivity contribution in [2.24, 2.45) is 0 Å². The summed E-state index contributed by atoms with van der Waals surface area (Å²) >= 11 is 0. The van der Waals surface area contributed by atoms with Gasteiger partial charge in [0.25, 0.3) is 0 Å². The van der Waals surface area contributed by atoms with Crippen LogP contribution in [0.25, 0.3) is 0 Å². The second-order valence-electron chi connectivity index (χ2n) is 6.35. The highest BCUT2D eigenvalue weighted by molar-refractivity contribution is 5.70. The molecule has 1 heterocycles. The van der Waals surface area contributed by atoms with Gasteiger partial charge in [0.2, 0.25) is 0 Å². The van der Waals surface area contributed by atoms with Gasteiger partial charge in [0.05, 0.1) is 13.2 Å². The maximum atomic E-state index is 11.7. The Hall–Kier alpha value is -2.69. The summed E-state index contributed by atoms with van der Waals surface area (Å²) in [6.45, 7) is 4.29. The zero-order chi connectivity index (χ0) is 22.1. The fourth-order valence-corrected chi connectivity index (χ4v) is 2.91. The Kier molecular flexibility index (Phi) is 9.53. The number of rotatable bonds is 8. The number of methoxy groups -OCH3 is 1. The van der Waals surface area contributed by atoms with E-state index in [9.17, 15) is 24.0 Å². The summed E-state index contributed by atoms with van der Waals surface area (Å²) in [5.74, 6) is -3.26. The second-order valence-corrected chi connectivity index (χ2v) is 6.35. The van der Waals surface area contributed by atoms with Crippen molar-refractivity contribution in [2.45, 2.75) is 71.1 Å². The molecule has 0 saturated carbocycles. The largest absolute Gasteiger partial charge is 0.469 e. The lowest BCUT2D eigenvalue weighted by Gasteiger charge is -2.44. The SMILES string of the molecule is COC(=O)CC[C@@H]1O[C@H](COC(C)=O)[C@H](OC(C)=O)[C@H](OC(C)=O)[C@H]1OC(C)=O. The first-order valence-corrected chi connectivity index (χ1v) is 8.92. The summed E-state index contributed by atoms with van der Waals surface area (Å²) in [5, 5.41) is 0. The van der Waals surface area contributed by atoms with Crippen LogP contribution in [0.1, 0.15) is 40.5 Å². The molecule has 0 aromatic rings. The maximum Gasteiger partial charge on any atom is 0.305 e.